The summed E-state index contributed by atoms with van der Waals surface area (Å²) in [4.78, 5) is 42.2. The van der Waals surface area contributed by atoms with E-state index in [4.69, 9.17) is 9.84 Å². The van der Waals surface area contributed by atoms with Crippen molar-refractivity contribution < 1.29 is 24.2 Å². The first-order valence-corrected chi connectivity index (χ1v) is 11.6. The Kier molecular flexibility index (Phi) is 7.40. The molecule has 0 aliphatic heterocycles. The highest BCUT2D eigenvalue weighted by Crippen LogP contribution is 2.44. The Hall–Kier alpha value is -4.20. The maximum Gasteiger partial charge on any atom is 0.411 e. The minimum absolute atomic E-state index is 0.0309. The molecule has 0 fully saturated rings. The Labute approximate surface area is 203 Å². The molecule has 2 N–H and O–H groups in total. The lowest BCUT2D eigenvalue weighted by Gasteiger charge is -2.21. The van der Waals surface area contributed by atoms with Gasteiger partial charge in [0.15, 0.2) is 5.69 Å². The van der Waals surface area contributed by atoms with E-state index < -0.39 is 12.1 Å². The maximum atomic E-state index is 13.0. The quantitative estimate of drug-likeness (QED) is 0.463. The molecular formula is C27H27N3O5. The number of fused-ring (bicyclic) bond motifs is 3. The Morgan fingerprint density at radius 3 is 2.29 bits per heavy atom. The summed E-state index contributed by atoms with van der Waals surface area (Å²) in [6.07, 6.45) is 1.09. The van der Waals surface area contributed by atoms with Crippen LogP contribution in [-0.4, -0.2) is 52.7 Å². The Morgan fingerprint density at radius 2 is 1.66 bits per heavy atom. The van der Waals surface area contributed by atoms with Crippen molar-refractivity contribution in [1.82, 2.24) is 9.88 Å². The van der Waals surface area contributed by atoms with E-state index >= 15 is 0 Å². The van der Waals surface area contributed by atoms with Crippen molar-refractivity contribution in [2.75, 3.05) is 25.0 Å². The summed E-state index contributed by atoms with van der Waals surface area (Å²) in [6.45, 7) is 2.63. The number of aliphatic carboxylic acids is 1. The summed E-state index contributed by atoms with van der Waals surface area (Å²) in [5.74, 6) is -1.37. The first-order chi connectivity index (χ1) is 17.0. The van der Waals surface area contributed by atoms with E-state index in [0.717, 1.165) is 22.3 Å². The van der Waals surface area contributed by atoms with Gasteiger partial charge in [0.2, 0.25) is 0 Å². The highest BCUT2D eigenvalue weighted by molar-refractivity contribution is 6.01. The van der Waals surface area contributed by atoms with Crippen LogP contribution in [0.3, 0.4) is 0 Å². The number of nitrogens with one attached hydrogen (secondary N) is 1. The lowest BCUT2D eigenvalue weighted by atomic mass is 9.98. The number of nitrogens with zero attached hydrogens (tertiary/aromatic N) is 2. The fourth-order valence-corrected chi connectivity index (χ4v) is 4.40. The first-order valence-electron chi connectivity index (χ1n) is 11.6. The van der Waals surface area contributed by atoms with Gasteiger partial charge in [0.05, 0.1) is 5.69 Å². The number of rotatable bonds is 9. The summed E-state index contributed by atoms with van der Waals surface area (Å²) in [5.41, 5.74) is 4.82. The Bertz CT molecular complexity index is 1200. The van der Waals surface area contributed by atoms with Crippen LogP contribution < -0.4 is 5.32 Å². The molecular weight excluding hydrogens is 446 g/mol. The zero-order valence-corrected chi connectivity index (χ0v) is 19.4. The molecule has 0 bridgehead atoms. The van der Waals surface area contributed by atoms with Gasteiger partial charge in [-0.15, -0.1) is 0 Å². The van der Waals surface area contributed by atoms with Crippen LogP contribution in [0.1, 0.15) is 47.3 Å². The van der Waals surface area contributed by atoms with Crippen LogP contribution in [0.15, 0.2) is 66.9 Å². The van der Waals surface area contributed by atoms with Gasteiger partial charge in [-0.25, -0.2) is 9.78 Å². The fourth-order valence-electron chi connectivity index (χ4n) is 4.40. The predicted octanol–water partition coefficient (Wildman–Crippen LogP) is 4.77. The highest BCUT2D eigenvalue weighted by atomic mass is 16.5. The van der Waals surface area contributed by atoms with Crippen molar-refractivity contribution in [3.8, 4) is 11.1 Å². The number of carbonyl (C=O) groups excluding carboxylic acids is 2. The van der Waals surface area contributed by atoms with Crippen molar-refractivity contribution in [2.24, 2.45) is 0 Å². The van der Waals surface area contributed by atoms with Crippen LogP contribution in [0.5, 0.6) is 0 Å². The zero-order valence-electron chi connectivity index (χ0n) is 19.4. The van der Waals surface area contributed by atoms with E-state index in [1.165, 1.54) is 11.1 Å². The van der Waals surface area contributed by atoms with E-state index in [-0.39, 0.29) is 42.8 Å². The summed E-state index contributed by atoms with van der Waals surface area (Å²) in [5, 5.41) is 11.5. The number of aromatic nitrogens is 1. The van der Waals surface area contributed by atoms with E-state index in [0.29, 0.717) is 13.0 Å². The summed E-state index contributed by atoms with van der Waals surface area (Å²) >= 11 is 0. The molecule has 35 heavy (non-hydrogen) atoms. The smallest absolute Gasteiger partial charge is 0.411 e. The van der Waals surface area contributed by atoms with Crippen LogP contribution in [-0.2, 0) is 9.53 Å². The van der Waals surface area contributed by atoms with Gasteiger partial charge in [-0.05, 0) is 47.7 Å². The van der Waals surface area contributed by atoms with Crippen molar-refractivity contribution in [3.63, 3.8) is 0 Å². The molecule has 0 saturated heterocycles. The SMILES string of the molecule is CCN(CCCC(=O)O)C(=O)c1ncccc1NC(=O)OCC1c2ccccc2-c2ccccc21. The molecule has 0 radical (unpaired) electrons. The molecule has 2 amide bonds. The molecule has 180 valence electrons. The number of hydrogen-bond acceptors (Lipinski definition) is 5. The van der Waals surface area contributed by atoms with E-state index in [1.54, 1.807) is 19.1 Å². The monoisotopic (exact) mass is 473 g/mol. The van der Waals surface area contributed by atoms with Gasteiger partial charge < -0.3 is 14.7 Å². The number of carboxylic acid groups (broad SMARTS) is 1. The van der Waals surface area contributed by atoms with Crippen molar-refractivity contribution >= 4 is 23.7 Å². The minimum Gasteiger partial charge on any atom is -0.481 e. The van der Waals surface area contributed by atoms with Crippen molar-refractivity contribution in [3.05, 3.63) is 83.7 Å². The van der Waals surface area contributed by atoms with Gasteiger partial charge in [-0.1, -0.05) is 48.5 Å². The molecule has 8 nitrogen and oxygen atoms in total. The third-order valence-corrected chi connectivity index (χ3v) is 6.08. The molecule has 1 aromatic heterocycles. The molecule has 0 atom stereocenters. The molecule has 2 aromatic carbocycles. The zero-order chi connectivity index (χ0) is 24.8. The van der Waals surface area contributed by atoms with Gasteiger partial charge in [0, 0.05) is 31.6 Å². The topological polar surface area (TPSA) is 109 Å². The van der Waals surface area contributed by atoms with Gasteiger partial charge in [0.25, 0.3) is 5.91 Å². The van der Waals surface area contributed by atoms with E-state index in [2.05, 4.69) is 22.4 Å². The average molecular weight is 474 g/mol. The molecule has 0 spiro atoms. The molecule has 0 saturated carbocycles. The lowest BCUT2D eigenvalue weighted by Crippen LogP contribution is -2.33. The normalized spacial score (nSPS) is 11.9. The Morgan fingerprint density at radius 1 is 1.00 bits per heavy atom. The molecule has 4 rings (SSSR count). The standard InChI is InChI=1S/C27H27N3O5/c1-2-30(16-8-14-24(31)32)26(33)25-23(13-7-15-28-25)29-27(34)35-17-22-20-11-5-3-9-18(20)19-10-4-6-12-21(19)22/h3-7,9-13,15,22H,2,8,14,16-17H2,1H3,(H,29,34)(H,31,32). The molecule has 8 heteroatoms. The number of carboxylic acids is 1. The number of pyridine rings is 1. The van der Waals surface area contributed by atoms with E-state index in [9.17, 15) is 14.4 Å². The molecule has 3 aromatic rings. The molecule has 1 heterocycles. The summed E-state index contributed by atoms with van der Waals surface area (Å²) in [6, 6.07) is 19.4. The first kappa shape index (κ1) is 23.9. The van der Waals surface area contributed by atoms with Crippen molar-refractivity contribution in [1.29, 1.82) is 0 Å². The van der Waals surface area contributed by atoms with Gasteiger partial charge >= 0.3 is 12.1 Å². The van der Waals surface area contributed by atoms with Crippen molar-refractivity contribution in [2.45, 2.75) is 25.7 Å². The number of anilines is 1. The largest absolute Gasteiger partial charge is 0.481 e. The summed E-state index contributed by atoms with van der Waals surface area (Å²) < 4.78 is 5.59. The van der Waals surface area contributed by atoms with Crippen LogP contribution in [0.25, 0.3) is 11.1 Å². The molecule has 1 aliphatic rings. The number of amides is 2. The number of ether oxygens (including phenoxy) is 1. The average Bonchev–Trinajstić information content (AvgIpc) is 3.19. The van der Waals surface area contributed by atoms with Crippen LogP contribution in [0.2, 0.25) is 0 Å². The molecule has 0 unspecified atom stereocenters. The second-order valence-corrected chi connectivity index (χ2v) is 8.23. The Balaban J connectivity index is 1.43. The highest BCUT2D eigenvalue weighted by Gasteiger charge is 2.29. The van der Waals surface area contributed by atoms with E-state index in [1.807, 2.05) is 36.4 Å². The number of carbonyl (C=O) groups is 3. The minimum atomic E-state index is -0.913. The fraction of sp³-hybridized carbons (Fsp3) is 0.259. The van der Waals surface area contributed by atoms with Crippen LogP contribution in [0.4, 0.5) is 10.5 Å². The predicted molar refractivity (Wildman–Crippen MR) is 131 cm³/mol. The summed E-state index contributed by atoms with van der Waals surface area (Å²) in [7, 11) is 0. The molecule has 1 aliphatic carbocycles. The van der Waals surface area contributed by atoms with Gasteiger partial charge in [-0.3, -0.25) is 14.9 Å². The lowest BCUT2D eigenvalue weighted by molar-refractivity contribution is -0.137. The van der Waals surface area contributed by atoms with Gasteiger partial charge in [0.1, 0.15) is 6.61 Å². The van der Waals surface area contributed by atoms with Crippen LogP contribution >= 0.6 is 0 Å². The second kappa shape index (κ2) is 10.8. The maximum absolute atomic E-state index is 13.0. The third-order valence-electron chi connectivity index (χ3n) is 6.08. The third kappa shape index (κ3) is 5.32. The van der Waals surface area contributed by atoms with Gasteiger partial charge in [-0.2, -0.15) is 0 Å². The second-order valence-electron chi connectivity index (χ2n) is 8.23. The number of benzene rings is 2. The number of hydrogen-bond donors (Lipinski definition) is 2. The van der Waals surface area contributed by atoms with Crippen LogP contribution in [0, 0.1) is 0 Å².